The molecule has 1 aromatic carbocycles. The number of aromatic nitrogens is 1. The van der Waals surface area contributed by atoms with Gasteiger partial charge in [-0.1, -0.05) is 0 Å². The van der Waals surface area contributed by atoms with Crippen LogP contribution in [-0.2, 0) is 16.0 Å². The molecule has 2 aromatic rings. The molecule has 24 heavy (non-hydrogen) atoms. The Labute approximate surface area is 141 Å². The first-order valence-corrected chi connectivity index (χ1v) is 8.24. The van der Waals surface area contributed by atoms with Crippen LogP contribution in [0.5, 0.6) is 5.75 Å². The monoisotopic (exact) mass is 337 g/mol. The van der Waals surface area contributed by atoms with Crippen LogP contribution in [0.3, 0.4) is 0 Å². The first-order valence-electron chi connectivity index (χ1n) is 8.24. The van der Waals surface area contributed by atoms with Crippen molar-refractivity contribution in [2.45, 2.75) is 33.2 Å². The van der Waals surface area contributed by atoms with Crippen LogP contribution in [0.25, 0.3) is 10.9 Å². The summed E-state index contributed by atoms with van der Waals surface area (Å²) in [4.78, 5) is 12.5. The van der Waals surface area contributed by atoms with E-state index in [9.17, 15) is 9.18 Å². The third-order valence-electron chi connectivity index (χ3n) is 3.72. The molecule has 0 atom stereocenters. The Kier molecular flexibility index (Phi) is 6.61. The van der Waals surface area contributed by atoms with E-state index >= 15 is 0 Å². The van der Waals surface area contributed by atoms with Crippen molar-refractivity contribution in [3.63, 3.8) is 0 Å². The quantitative estimate of drug-likeness (QED) is 0.516. The number of rotatable bonds is 9. The van der Waals surface area contributed by atoms with E-state index in [1.165, 1.54) is 12.1 Å². The maximum atomic E-state index is 13.7. The first-order chi connectivity index (χ1) is 11.6. The predicted octanol–water partition coefficient (Wildman–Crippen LogP) is 3.78. The minimum Gasteiger partial charge on any atom is -0.491 e. The molecule has 0 N–H and O–H groups in total. The number of hydrogen-bond acceptors (Lipinski definition) is 4. The SMILES string of the molecule is CCOC(=O)c1c(OCC)c2ccc(F)cc2n1CCCCOC. The molecule has 0 aliphatic rings. The topological polar surface area (TPSA) is 49.7 Å². The second-order valence-corrected chi connectivity index (χ2v) is 5.34. The Hall–Kier alpha value is -2.08. The second kappa shape index (κ2) is 8.68. The third-order valence-corrected chi connectivity index (χ3v) is 3.72. The smallest absolute Gasteiger partial charge is 0.358 e. The van der Waals surface area contributed by atoms with Gasteiger partial charge in [-0.2, -0.15) is 0 Å². The molecule has 1 heterocycles. The zero-order valence-corrected chi connectivity index (χ0v) is 14.4. The van der Waals surface area contributed by atoms with Gasteiger partial charge in [-0.25, -0.2) is 9.18 Å². The lowest BCUT2D eigenvalue weighted by Gasteiger charge is -2.11. The number of fused-ring (bicyclic) bond motifs is 1. The highest BCUT2D eigenvalue weighted by Crippen LogP contribution is 2.35. The summed E-state index contributed by atoms with van der Waals surface area (Å²) in [6.07, 6.45) is 1.64. The van der Waals surface area contributed by atoms with Gasteiger partial charge in [0.1, 0.15) is 5.82 Å². The number of ether oxygens (including phenoxy) is 3. The number of nitrogens with zero attached hydrogens (tertiary/aromatic N) is 1. The van der Waals surface area contributed by atoms with Gasteiger partial charge in [0.15, 0.2) is 11.4 Å². The van der Waals surface area contributed by atoms with Crippen molar-refractivity contribution >= 4 is 16.9 Å². The number of unbranched alkanes of at least 4 members (excludes halogenated alkanes) is 1. The standard InChI is InChI=1S/C18H24FNO4/c1-4-23-17-14-9-8-13(19)12-15(14)20(10-6-7-11-22-3)16(17)18(21)24-5-2/h8-9,12H,4-7,10-11H2,1-3H3. The first kappa shape index (κ1) is 18.3. The van der Waals surface area contributed by atoms with Crippen molar-refractivity contribution in [3.8, 4) is 5.75 Å². The van der Waals surface area contributed by atoms with Crippen LogP contribution < -0.4 is 4.74 Å². The molecular weight excluding hydrogens is 313 g/mol. The molecule has 0 aliphatic carbocycles. The number of esters is 1. The van der Waals surface area contributed by atoms with Crippen molar-refractivity contribution < 1.29 is 23.4 Å². The second-order valence-electron chi connectivity index (χ2n) is 5.34. The lowest BCUT2D eigenvalue weighted by atomic mass is 10.2. The molecule has 0 bridgehead atoms. The zero-order chi connectivity index (χ0) is 17.5. The lowest BCUT2D eigenvalue weighted by Crippen LogP contribution is -2.14. The van der Waals surface area contributed by atoms with Gasteiger partial charge >= 0.3 is 5.97 Å². The van der Waals surface area contributed by atoms with Crippen LogP contribution in [0.4, 0.5) is 4.39 Å². The molecule has 1 aromatic heterocycles. The fraction of sp³-hybridized carbons (Fsp3) is 0.500. The highest BCUT2D eigenvalue weighted by molar-refractivity contribution is 6.01. The highest BCUT2D eigenvalue weighted by Gasteiger charge is 2.25. The maximum absolute atomic E-state index is 13.7. The fourth-order valence-electron chi connectivity index (χ4n) is 2.73. The van der Waals surface area contributed by atoms with E-state index in [-0.39, 0.29) is 12.4 Å². The van der Waals surface area contributed by atoms with E-state index in [0.717, 1.165) is 12.8 Å². The minimum atomic E-state index is -0.454. The summed E-state index contributed by atoms with van der Waals surface area (Å²) >= 11 is 0. The van der Waals surface area contributed by atoms with Gasteiger partial charge in [0.25, 0.3) is 0 Å². The number of benzene rings is 1. The normalized spacial score (nSPS) is 11.0. The number of methoxy groups -OCH3 is 1. The Morgan fingerprint density at radius 1 is 1.21 bits per heavy atom. The molecule has 6 heteroatoms. The molecule has 0 fully saturated rings. The molecule has 2 rings (SSSR count). The van der Waals surface area contributed by atoms with E-state index < -0.39 is 5.97 Å². The molecule has 0 aliphatic heterocycles. The van der Waals surface area contributed by atoms with E-state index in [1.807, 2.05) is 6.92 Å². The highest BCUT2D eigenvalue weighted by atomic mass is 19.1. The van der Waals surface area contributed by atoms with Gasteiger partial charge in [-0.05, 0) is 44.9 Å². The van der Waals surface area contributed by atoms with Crippen LogP contribution in [0, 0.1) is 5.82 Å². The Morgan fingerprint density at radius 3 is 2.67 bits per heavy atom. The molecule has 132 valence electrons. The lowest BCUT2D eigenvalue weighted by molar-refractivity contribution is 0.0509. The summed E-state index contributed by atoms with van der Waals surface area (Å²) in [5.41, 5.74) is 0.982. The van der Waals surface area contributed by atoms with E-state index in [4.69, 9.17) is 14.2 Å². The van der Waals surface area contributed by atoms with Gasteiger partial charge < -0.3 is 18.8 Å². The predicted molar refractivity (Wildman–Crippen MR) is 90.1 cm³/mol. The molecule has 0 saturated heterocycles. The van der Waals surface area contributed by atoms with Crippen molar-refractivity contribution in [3.05, 3.63) is 29.7 Å². The zero-order valence-electron chi connectivity index (χ0n) is 14.4. The number of aryl methyl sites for hydroxylation is 1. The molecule has 0 saturated carbocycles. The van der Waals surface area contributed by atoms with Gasteiger partial charge in [0, 0.05) is 25.6 Å². The summed E-state index contributed by atoms with van der Waals surface area (Å²) in [6.45, 7) is 5.48. The van der Waals surface area contributed by atoms with Crippen LogP contribution in [0.1, 0.15) is 37.2 Å². The maximum Gasteiger partial charge on any atom is 0.358 e. The van der Waals surface area contributed by atoms with Gasteiger partial charge in [0.05, 0.1) is 18.7 Å². The van der Waals surface area contributed by atoms with Crippen molar-refractivity contribution in [2.24, 2.45) is 0 Å². The van der Waals surface area contributed by atoms with E-state index in [0.29, 0.717) is 42.1 Å². The van der Waals surface area contributed by atoms with E-state index in [1.54, 1.807) is 24.7 Å². The molecule has 0 radical (unpaired) electrons. The largest absolute Gasteiger partial charge is 0.491 e. The minimum absolute atomic E-state index is 0.268. The summed E-state index contributed by atoms with van der Waals surface area (Å²) < 4.78 is 31.5. The molecule has 0 amide bonds. The van der Waals surface area contributed by atoms with Gasteiger partial charge in [-0.3, -0.25) is 0 Å². The van der Waals surface area contributed by atoms with Crippen LogP contribution >= 0.6 is 0 Å². The van der Waals surface area contributed by atoms with Crippen molar-refractivity contribution in [2.75, 3.05) is 26.9 Å². The van der Waals surface area contributed by atoms with Gasteiger partial charge in [-0.15, -0.1) is 0 Å². The molecule has 5 nitrogen and oxygen atoms in total. The van der Waals surface area contributed by atoms with Crippen LogP contribution in [0.2, 0.25) is 0 Å². The fourth-order valence-corrected chi connectivity index (χ4v) is 2.73. The molecular formula is C18H24FNO4. The number of carbonyl (C=O) groups excluding carboxylic acids is 1. The number of halogens is 1. The summed E-state index contributed by atoms with van der Waals surface area (Å²) in [5.74, 6) is -0.349. The van der Waals surface area contributed by atoms with E-state index in [2.05, 4.69) is 0 Å². The van der Waals surface area contributed by atoms with Crippen molar-refractivity contribution in [1.29, 1.82) is 0 Å². The molecule has 0 spiro atoms. The average Bonchev–Trinajstić information content (AvgIpc) is 2.85. The molecule has 0 unspecified atom stereocenters. The third kappa shape index (κ3) is 3.87. The summed E-state index contributed by atoms with van der Waals surface area (Å²) in [5, 5.41) is 0.716. The van der Waals surface area contributed by atoms with Crippen LogP contribution in [0.15, 0.2) is 18.2 Å². The Bertz CT molecular complexity index is 696. The average molecular weight is 337 g/mol. The summed E-state index contributed by atoms with van der Waals surface area (Å²) in [6, 6.07) is 4.44. The Balaban J connectivity index is 2.53. The number of hydrogen-bond donors (Lipinski definition) is 0. The Morgan fingerprint density at radius 2 is 2.00 bits per heavy atom. The van der Waals surface area contributed by atoms with Gasteiger partial charge in [0.2, 0.25) is 0 Å². The summed E-state index contributed by atoms with van der Waals surface area (Å²) in [7, 11) is 1.65. The number of carbonyl (C=O) groups is 1. The van der Waals surface area contributed by atoms with Crippen molar-refractivity contribution in [1.82, 2.24) is 4.57 Å². The van der Waals surface area contributed by atoms with Crippen LogP contribution in [-0.4, -0.2) is 37.5 Å².